The van der Waals surface area contributed by atoms with Crippen LogP contribution in [0, 0.1) is 0 Å². The summed E-state index contributed by atoms with van der Waals surface area (Å²) in [5.74, 6) is 0. The van der Waals surface area contributed by atoms with Crippen molar-refractivity contribution in [2.75, 3.05) is 0 Å². The molecule has 0 aliphatic heterocycles. The SMILES string of the molecule is C=C(C)c1c(Br)cnn1CC. The summed E-state index contributed by atoms with van der Waals surface area (Å²) in [4.78, 5) is 0. The highest BCUT2D eigenvalue weighted by atomic mass is 79.9. The van der Waals surface area contributed by atoms with Crippen molar-refractivity contribution in [2.24, 2.45) is 0 Å². The monoisotopic (exact) mass is 214 g/mol. The largest absolute Gasteiger partial charge is 0.264 e. The molecule has 0 radical (unpaired) electrons. The van der Waals surface area contributed by atoms with Crippen molar-refractivity contribution in [3.63, 3.8) is 0 Å². The van der Waals surface area contributed by atoms with Crippen molar-refractivity contribution < 1.29 is 0 Å². The van der Waals surface area contributed by atoms with E-state index in [1.54, 1.807) is 6.20 Å². The molecule has 1 heterocycles. The van der Waals surface area contributed by atoms with E-state index in [2.05, 4.69) is 34.5 Å². The maximum Gasteiger partial charge on any atom is 0.0775 e. The number of rotatable bonds is 2. The molecule has 0 atom stereocenters. The molecular weight excluding hydrogens is 204 g/mol. The van der Waals surface area contributed by atoms with E-state index in [0.29, 0.717) is 0 Å². The molecule has 3 heteroatoms. The minimum absolute atomic E-state index is 0.883. The maximum absolute atomic E-state index is 4.16. The van der Waals surface area contributed by atoms with Crippen LogP contribution < -0.4 is 0 Å². The summed E-state index contributed by atoms with van der Waals surface area (Å²) in [5.41, 5.74) is 2.13. The fourth-order valence-corrected chi connectivity index (χ4v) is 1.66. The van der Waals surface area contributed by atoms with Gasteiger partial charge in [-0.3, -0.25) is 4.68 Å². The lowest BCUT2D eigenvalue weighted by atomic mass is 10.2. The average Bonchev–Trinajstić information content (AvgIpc) is 2.30. The van der Waals surface area contributed by atoms with Crippen molar-refractivity contribution in [3.8, 4) is 0 Å². The Morgan fingerprint density at radius 2 is 2.45 bits per heavy atom. The molecule has 0 amide bonds. The summed E-state index contributed by atoms with van der Waals surface area (Å²) in [5, 5.41) is 4.16. The van der Waals surface area contributed by atoms with E-state index >= 15 is 0 Å². The molecule has 1 aromatic rings. The van der Waals surface area contributed by atoms with Crippen LogP contribution in [0.1, 0.15) is 19.5 Å². The van der Waals surface area contributed by atoms with Crippen LogP contribution in [0.3, 0.4) is 0 Å². The Morgan fingerprint density at radius 1 is 1.82 bits per heavy atom. The molecule has 0 aliphatic rings. The number of hydrogen-bond acceptors (Lipinski definition) is 1. The van der Waals surface area contributed by atoms with Gasteiger partial charge >= 0.3 is 0 Å². The number of halogens is 1. The van der Waals surface area contributed by atoms with Crippen molar-refractivity contribution in [1.82, 2.24) is 9.78 Å². The Balaban J connectivity index is 3.17. The molecule has 0 unspecified atom stereocenters. The highest BCUT2D eigenvalue weighted by Gasteiger charge is 2.06. The van der Waals surface area contributed by atoms with Crippen LogP contribution in [0.25, 0.3) is 5.57 Å². The van der Waals surface area contributed by atoms with Gasteiger partial charge in [-0.15, -0.1) is 0 Å². The fraction of sp³-hybridized carbons (Fsp3) is 0.375. The summed E-state index contributed by atoms with van der Waals surface area (Å²) in [6, 6.07) is 0. The molecule has 0 bridgehead atoms. The van der Waals surface area contributed by atoms with Crippen LogP contribution in [0.4, 0.5) is 0 Å². The summed E-state index contributed by atoms with van der Waals surface area (Å²) >= 11 is 3.41. The van der Waals surface area contributed by atoms with Crippen LogP contribution in [-0.2, 0) is 6.54 Å². The van der Waals surface area contributed by atoms with Crippen LogP contribution in [-0.4, -0.2) is 9.78 Å². The van der Waals surface area contributed by atoms with Crippen molar-refractivity contribution in [2.45, 2.75) is 20.4 Å². The number of aromatic nitrogens is 2. The van der Waals surface area contributed by atoms with Crippen LogP contribution in [0.15, 0.2) is 17.2 Å². The van der Waals surface area contributed by atoms with Crippen LogP contribution in [0.2, 0.25) is 0 Å². The van der Waals surface area contributed by atoms with Crippen LogP contribution >= 0.6 is 15.9 Å². The molecular formula is C8H11BrN2. The van der Waals surface area contributed by atoms with E-state index in [1.807, 2.05) is 11.6 Å². The predicted molar refractivity (Wildman–Crippen MR) is 50.3 cm³/mol. The summed E-state index contributed by atoms with van der Waals surface area (Å²) in [6.07, 6.45) is 1.80. The van der Waals surface area contributed by atoms with Gasteiger partial charge in [0.05, 0.1) is 16.4 Å². The second-order valence-corrected chi connectivity index (χ2v) is 3.29. The molecule has 0 N–H and O–H groups in total. The number of aryl methyl sites for hydroxylation is 1. The highest BCUT2D eigenvalue weighted by Crippen LogP contribution is 2.22. The molecule has 0 aliphatic carbocycles. The minimum Gasteiger partial charge on any atom is -0.264 e. The van der Waals surface area contributed by atoms with E-state index < -0.39 is 0 Å². The summed E-state index contributed by atoms with van der Waals surface area (Å²) < 4.78 is 2.94. The van der Waals surface area contributed by atoms with Crippen molar-refractivity contribution in [1.29, 1.82) is 0 Å². The van der Waals surface area contributed by atoms with E-state index in [4.69, 9.17) is 0 Å². The Morgan fingerprint density at radius 3 is 2.82 bits per heavy atom. The Kier molecular flexibility index (Phi) is 2.49. The quantitative estimate of drug-likeness (QED) is 0.741. The number of hydrogen-bond donors (Lipinski definition) is 0. The van der Waals surface area contributed by atoms with Gasteiger partial charge in [0.15, 0.2) is 0 Å². The Hall–Kier alpha value is -0.570. The van der Waals surface area contributed by atoms with Gasteiger partial charge in [-0.1, -0.05) is 6.58 Å². The highest BCUT2D eigenvalue weighted by molar-refractivity contribution is 9.10. The number of allylic oxidation sites excluding steroid dienone is 1. The average molecular weight is 215 g/mol. The lowest BCUT2D eigenvalue weighted by molar-refractivity contribution is 0.651. The van der Waals surface area contributed by atoms with Crippen molar-refractivity contribution in [3.05, 3.63) is 22.9 Å². The van der Waals surface area contributed by atoms with Crippen molar-refractivity contribution >= 4 is 21.5 Å². The third-order valence-electron chi connectivity index (χ3n) is 1.50. The molecule has 1 rings (SSSR count). The Bertz CT molecular complexity index is 276. The molecule has 0 saturated carbocycles. The van der Waals surface area contributed by atoms with Gasteiger partial charge in [-0.05, 0) is 35.4 Å². The molecule has 0 saturated heterocycles. The maximum atomic E-state index is 4.16. The summed E-state index contributed by atoms with van der Waals surface area (Å²) in [7, 11) is 0. The van der Waals surface area contributed by atoms with Gasteiger partial charge in [0.25, 0.3) is 0 Å². The zero-order valence-electron chi connectivity index (χ0n) is 6.76. The van der Waals surface area contributed by atoms with Gasteiger partial charge in [0.2, 0.25) is 0 Å². The lowest BCUT2D eigenvalue weighted by Gasteiger charge is -2.03. The topological polar surface area (TPSA) is 17.8 Å². The second-order valence-electron chi connectivity index (χ2n) is 2.44. The zero-order chi connectivity index (χ0) is 8.43. The smallest absolute Gasteiger partial charge is 0.0775 e. The molecule has 1 aromatic heterocycles. The molecule has 2 nitrogen and oxygen atoms in total. The summed E-state index contributed by atoms with van der Waals surface area (Å²) in [6.45, 7) is 8.80. The molecule has 0 aromatic carbocycles. The molecule has 11 heavy (non-hydrogen) atoms. The second kappa shape index (κ2) is 3.22. The zero-order valence-corrected chi connectivity index (χ0v) is 8.35. The first-order valence-electron chi connectivity index (χ1n) is 3.54. The Labute approximate surface area is 75.0 Å². The van der Waals surface area contributed by atoms with E-state index in [1.165, 1.54) is 0 Å². The lowest BCUT2D eigenvalue weighted by Crippen LogP contribution is -2.00. The van der Waals surface area contributed by atoms with Crippen LogP contribution in [0.5, 0.6) is 0 Å². The van der Waals surface area contributed by atoms with Gasteiger partial charge in [0.1, 0.15) is 0 Å². The fourth-order valence-electron chi connectivity index (χ4n) is 1.03. The molecule has 60 valence electrons. The normalized spacial score (nSPS) is 10.1. The minimum atomic E-state index is 0.883. The van der Waals surface area contributed by atoms with Gasteiger partial charge in [-0.25, -0.2) is 0 Å². The first-order valence-corrected chi connectivity index (χ1v) is 4.33. The molecule has 0 fully saturated rings. The third-order valence-corrected chi connectivity index (χ3v) is 2.08. The van der Waals surface area contributed by atoms with E-state index in [9.17, 15) is 0 Å². The van der Waals surface area contributed by atoms with E-state index in [0.717, 1.165) is 22.3 Å². The first kappa shape index (κ1) is 8.53. The standard InChI is InChI=1S/C8H11BrN2/c1-4-11-8(6(2)3)7(9)5-10-11/h5H,2,4H2,1,3H3. The predicted octanol–water partition coefficient (Wildman–Crippen LogP) is 2.70. The third kappa shape index (κ3) is 1.53. The molecule has 0 spiro atoms. The number of nitrogens with zero attached hydrogens (tertiary/aromatic N) is 2. The van der Waals surface area contributed by atoms with Gasteiger partial charge < -0.3 is 0 Å². The van der Waals surface area contributed by atoms with Gasteiger partial charge in [0, 0.05) is 6.54 Å². The first-order chi connectivity index (χ1) is 5.16. The van der Waals surface area contributed by atoms with Gasteiger partial charge in [-0.2, -0.15) is 5.10 Å². The van der Waals surface area contributed by atoms with E-state index in [-0.39, 0.29) is 0 Å².